The van der Waals surface area contributed by atoms with Crippen LogP contribution in [-0.2, 0) is 10.2 Å². The summed E-state index contributed by atoms with van der Waals surface area (Å²) >= 11 is 0. The monoisotopic (exact) mass is 322 g/mol. The number of rotatable bonds is 2. The van der Waals surface area contributed by atoms with Crippen molar-refractivity contribution in [2.45, 2.75) is 19.3 Å². The molecule has 7 nitrogen and oxygen atoms in total. The van der Waals surface area contributed by atoms with Gasteiger partial charge in [0.1, 0.15) is 5.82 Å². The van der Waals surface area contributed by atoms with Crippen LogP contribution in [0.15, 0.2) is 36.4 Å². The molecule has 2 N–H and O–H groups in total. The number of amides is 1. The molecular weight excluding hydrogens is 308 g/mol. The van der Waals surface area contributed by atoms with E-state index in [4.69, 9.17) is 0 Å². The molecule has 0 fully saturated rings. The van der Waals surface area contributed by atoms with Gasteiger partial charge in [-0.25, -0.2) is 4.98 Å². The molecule has 3 aromatic rings. The average Bonchev–Trinajstić information content (AvgIpc) is 3.05. The summed E-state index contributed by atoms with van der Waals surface area (Å²) < 4.78 is 0. The molecule has 1 aliphatic heterocycles. The van der Waals surface area contributed by atoms with Gasteiger partial charge in [-0.1, -0.05) is 0 Å². The van der Waals surface area contributed by atoms with E-state index in [2.05, 4.69) is 15.3 Å². The lowest BCUT2D eigenvalue weighted by molar-refractivity contribution is -0.384. The van der Waals surface area contributed by atoms with E-state index in [9.17, 15) is 14.9 Å². The summed E-state index contributed by atoms with van der Waals surface area (Å²) in [5.41, 5.74) is 3.49. The predicted octanol–water partition coefficient (Wildman–Crippen LogP) is 3.37. The normalized spacial score (nSPS) is 15.3. The number of hydrogen-bond donors (Lipinski definition) is 2. The number of non-ortho nitro benzene ring substituents is 1. The van der Waals surface area contributed by atoms with Crippen LogP contribution in [0.4, 0.5) is 11.4 Å². The molecule has 24 heavy (non-hydrogen) atoms. The highest BCUT2D eigenvalue weighted by atomic mass is 16.6. The molecule has 2 aromatic carbocycles. The molecule has 1 amide bonds. The average molecular weight is 322 g/mol. The van der Waals surface area contributed by atoms with E-state index in [1.165, 1.54) is 12.1 Å². The Morgan fingerprint density at radius 2 is 1.88 bits per heavy atom. The maximum atomic E-state index is 12.0. The van der Waals surface area contributed by atoms with Gasteiger partial charge in [0.25, 0.3) is 5.69 Å². The van der Waals surface area contributed by atoms with E-state index in [-0.39, 0.29) is 11.6 Å². The molecule has 1 aromatic heterocycles. The molecule has 120 valence electrons. The number of aromatic nitrogens is 2. The van der Waals surface area contributed by atoms with Crippen molar-refractivity contribution in [2.24, 2.45) is 0 Å². The zero-order chi connectivity index (χ0) is 17.1. The van der Waals surface area contributed by atoms with Gasteiger partial charge in [0.2, 0.25) is 5.91 Å². The fraction of sp³-hybridized carbons (Fsp3) is 0.176. The summed E-state index contributed by atoms with van der Waals surface area (Å²) in [5.74, 6) is 0.605. The fourth-order valence-electron chi connectivity index (χ4n) is 2.96. The number of carbonyl (C=O) groups is 1. The molecular formula is C17H14N4O3. The summed E-state index contributed by atoms with van der Waals surface area (Å²) in [5, 5.41) is 13.6. The van der Waals surface area contributed by atoms with Gasteiger partial charge < -0.3 is 10.3 Å². The number of benzene rings is 2. The number of hydrogen-bond acceptors (Lipinski definition) is 4. The second-order valence-corrected chi connectivity index (χ2v) is 6.38. The third-order valence-corrected chi connectivity index (χ3v) is 4.46. The molecule has 0 atom stereocenters. The summed E-state index contributed by atoms with van der Waals surface area (Å²) in [6.45, 7) is 3.76. The van der Waals surface area contributed by atoms with Crippen molar-refractivity contribution < 1.29 is 9.72 Å². The molecule has 0 aliphatic carbocycles. The molecule has 0 unspecified atom stereocenters. The molecule has 0 saturated carbocycles. The van der Waals surface area contributed by atoms with Gasteiger partial charge >= 0.3 is 0 Å². The Bertz CT molecular complexity index is 1000. The molecule has 2 heterocycles. The minimum atomic E-state index is -0.587. The molecule has 0 radical (unpaired) electrons. The smallest absolute Gasteiger partial charge is 0.269 e. The van der Waals surface area contributed by atoms with Crippen molar-refractivity contribution in [1.82, 2.24) is 9.97 Å². The maximum absolute atomic E-state index is 12.0. The van der Waals surface area contributed by atoms with E-state index in [0.717, 1.165) is 27.8 Å². The third-order valence-electron chi connectivity index (χ3n) is 4.46. The van der Waals surface area contributed by atoms with Crippen molar-refractivity contribution in [2.75, 3.05) is 5.32 Å². The number of nitro groups is 1. The van der Waals surface area contributed by atoms with Crippen LogP contribution in [0.25, 0.3) is 22.4 Å². The number of anilines is 1. The van der Waals surface area contributed by atoms with Crippen molar-refractivity contribution in [1.29, 1.82) is 0 Å². The van der Waals surface area contributed by atoms with Crippen LogP contribution < -0.4 is 5.32 Å². The lowest BCUT2D eigenvalue weighted by Gasteiger charge is -2.14. The van der Waals surface area contributed by atoms with Gasteiger partial charge in [-0.3, -0.25) is 14.9 Å². The van der Waals surface area contributed by atoms with Gasteiger partial charge in [-0.05, 0) is 43.7 Å². The van der Waals surface area contributed by atoms with Crippen LogP contribution in [-0.4, -0.2) is 20.8 Å². The SMILES string of the molecule is CC1(C)C(=O)Nc2cc3[nH]c(-c4ccc([N+](=O)[O-])cc4)nc3cc21. The van der Waals surface area contributed by atoms with Gasteiger partial charge in [0, 0.05) is 23.4 Å². The van der Waals surface area contributed by atoms with Crippen LogP contribution >= 0.6 is 0 Å². The first-order chi connectivity index (χ1) is 11.4. The van der Waals surface area contributed by atoms with Gasteiger partial charge in [-0.15, -0.1) is 0 Å². The minimum absolute atomic E-state index is 0.0271. The summed E-state index contributed by atoms with van der Waals surface area (Å²) in [4.78, 5) is 30.1. The van der Waals surface area contributed by atoms with E-state index in [0.29, 0.717) is 5.82 Å². The van der Waals surface area contributed by atoms with E-state index in [1.54, 1.807) is 12.1 Å². The molecule has 0 bridgehead atoms. The Morgan fingerprint density at radius 3 is 2.54 bits per heavy atom. The van der Waals surface area contributed by atoms with Crippen LogP contribution in [0.3, 0.4) is 0 Å². The standard InChI is InChI=1S/C17H14N4O3/c1-17(2)11-7-13-14(8-12(11)20-16(17)22)19-15(18-13)9-3-5-10(6-4-9)21(23)24/h3-8H,1-2H3,(H,18,19)(H,20,22). The lowest BCUT2D eigenvalue weighted by atomic mass is 9.86. The maximum Gasteiger partial charge on any atom is 0.269 e. The first-order valence-corrected chi connectivity index (χ1v) is 7.47. The fourth-order valence-corrected chi connectivity index (χ4v) is 2.96. The highest BCUT2D eigenvalue weighted by molar-refractivity contribution is 6.07. The van der Waals surface area contributed by atoms with Gasteiger partial charge in [0.05, 0.1) is 21.4 Å². The number of H-pyrrole nitrogens is 1. The number of carbonyl (C=O) groups excluding carboxylic acids is 1. The second-order valence-electron chi connectivity index (χ2n) is 6.38. The molecule has 1 aliphatic rings. The first-order valence-electron chi connectivity index (χ1n) is 7.47. The number of fused-ring (bicyclic) bond motifs is 2. The number of nitrogens with one attached hydrogen (secondary N) is 2. The first kappa shape index (κ1) is 14.4. The molecule has 7 heteroatoms. The molecule has 0 spiro atoms. The lowest BCUT2D eigenvalue weighted by Crippen LogP contribution is -2.26. The Labute approximate surface area is 136 Å². The number of aromatic amines is 1. The summed E-state index contributed by atoms with van der Waals surface area (Å²) in [6.07, 6.45) is 0. The zero-order valence-electron chi connectivity index (χ0n) is 13.1. The van der Waals surface area contributed by atoms with Crippen LogP contribution in [0.5, 0.6) is 0 Å². The van der Waals surface area contributed by atoms with Crippen LogP contribution in [0.1, 0.15) is 19.4 Å². The highest BCUT2D eigenvalue weighted by Gasteiger charge is 2.38. The Morgan fingerprint density at radius 1 is 1.17 bits per heavy atom. The van der Waals surface area contributed by atoms with Crippen molar-refractivity contribution in [3.8, 4) is 11.4 Å². The van der Waals surface area contributed by atoms with Crippen molar-refractivity contribution in [3.05, 3.63) is 52.1 Å². The van der Waals surface area contributed by atoms with Gasteiger partial charge in [0.15, 0.2) is 0 Å². The van der Waals surface area contributed by atoms with E-state index in [1.807, 2.05) is 26.0 Å². The molecule has 0 saturated heterocycles. The topological polar surface area (TPSA) is 101 Å². The quantitative estimate of drug-likeness (QED) is 0.558. The number of nitro benzene ring substituents is 1. The number of imidazole rings is 1. The summed E-state index contributed by atoms with van der Waals surface area (Å²) in [6, 6.07) is 10.0. The number of nitrogens with zero attached hydrogens (tertiary/aromatic N) is 2. The van der Waals surface area contributed by atoms with Crippen LogP contribution in [0.2, 0.25) is 0 Å². The van der Waals surface area contributed by atoms with E-state index < -0.39 is 10.3 Å². The van der Waals surface area contributed by atoms with Crippen LogP contribution in [0, 0.1) is 10.1 Å². The Balaban J connectivity index is 1.80. The Kier molecular flexibility index (Phi) is 2.78. The largest absolute Gasteiger partial charge is 0.338 e. The molecule has 4 rings (SSSR count). The second kappa shape index (κ2) is 4.64. The van der Waals surface area contributed by atoms with Gasteiger partial charge in [-0.2, -0.15) is 0 Å². The van der Waals surface area contributed by atoms with E-state index >= 15 is 0 Å². The summed E-state index contributed by atoms with van der Waals surface area (Å²) in [7, 11) is 0. The third kappa shape index (κ3) is 1.98. The van der Waals surface area contributed by atoms with Crippen molar-refractivity contribution >= 4 is 28.3 Å². The Hall–Kier alpha value is -3.22. The minimum Gasteiger partial charge on any atom is -0.338 e. The highest BCUT2D eigenvalue weighted by Crippen LogP contribution is 2.39. The predicted molar refractivity (Wildman–Crippen MR) is 89.8 cm³/mol. The zero-order valence-corrected chi connectivity index (χ0v) is 13.1. The van der Waals surface area contributed by atoms with Crippen molar-refractivity contribution in [3.63, 3.8) is 0 Å².